The number of aromatic hydroxyl groups is 1. The first-order valence-corrected chi connectivity index (χ1v) is 6.28. The molecule has 2 rings (SSSR count). The van der Waals surface area contributed by atoms with E-state index in [1.54, 1.807) is 6.07 Å². The first-order chi connectivity index (χ1) is 7.59. The molecule has 0 amide bonds. The number of halogens is 2. The second-order valence-electron chi connectivity index (χ2n) is 4.40. The van der Waals surface area contributed by atoms with Crippen LogP contribution in [0.5, 0.6) is 5.75 Å². The lowest BCUT2D eigenvalue weighted by Crippen LogP contribution is -2.19. The quantitative estimate of drug-likeness (QED) is 0.847. The topological polar surface area (TPSA) is 46.2 Å². The molecule has 4 heteroatoms. The lowest BCUT2D eigenvalue weighted by atomic mass is 9.92. The minimum absolute atomic E-state index is 0.0745. The molecule has 1 aromatic rings. The molecule has 1 aromatic carbocycles. The average Bonchev–Trinajstić information content (AvgIpc) is 2.75. The van der Waals surface area contributed by atoms with Crippen molar-refractivity contribution in [2.45, 2.75) is 31.7 Å². The first kappa shape index (κ1) is 12.0. The highest BCUT2D eigenvalue weighted by atomic mass is 35.5. The van der Waals surface area contributed by atoms with Crippen LogP contribution < -0.4 is 5.73 Å². The molecule has 1 saturated carbocycles. The van der Waals surface area contributed by atoms with Gasteiger partial charge in [-0.1, -0.05) is 36.0 Å². The van der Waals surface area contributed by atoms with Gasteiger partial charge < -0.3 is 10.8 Å². The fraction of sp³-hybridized carbons (Fsp3) is 0.500. The summed E-state index contributed by atoms with van der Waals surface area (Å²) >= 11 is 11.8. The molecular formula is C12H15Cl2NO. The van der Waals surface area contributed by atoms with E-state index >= 15 is 0 Å². The third-order valence-electron chi connectivity index (χ3n) is 3.32. The van der Waals surface area contributed by atoms with Gasteiger partial charge in [0.2, 0.25) is 0 Å². The first-order valence-electron chi connectivity index (χ1n) is 5.53. The molecule has 16 heavy (non-hydrogen) atoms. The van der Waals surface area contributed by atoms with Gasteiger partial charge in [-0.2, -0.15) is 0 Å². The van der Waals surface area contributed by atoms with Crippen LogP contribution in [-0.2, 0) is 0 Å². The lowest BCUT2D eigenvalue weighted by Gasteiger charge is -2.20. The Labute approximate surface area is 105 Å². The number of nitrogens with two attached hydrogens (primary N) is 1. The molecule has 1 aliphatic rings. The summed E-state index contributed by atoms with van der Waals surface area (Å²) < 4.78 is 0. The molecule has 1 fully saturated rings. The largest absolute Gasteiger partial charge is 0.506 e. The SMILES string of the molecule is N[C@H](c1cc(Cl)cc(Cl)c1O)C1CCCC1. The molecule has 1 atom stereocenters. The van der Waals surface area contributed by atoms with Crippen molar-refractivity contribution >= 4 is 23.2 Å². The van der Waals surface area contributed by atoms with Crippen LogP contribution in [0.4, 0.5) is 0 Å². The Morgan fingerprint density at radius 2 is 1.88 bits per heavy atom. The predicted molar refractivity (Wildman–Crippen MR) is 67.0 cm³/mol. The van der Waals surface area contributed by atoms with Gasteiger partial charge in [-0.25, -0.2) is 0 Å². The Kier molecular flexibility index (Phi) is 3.63. The van der Waals surface area contributed by atoms with E-state index in [0.29, 0.717) is 16.5 Å². The molecule has 0 saturated heterocycles. The Hall–Kier alpha value is -0.440. The molecule has 0 aliphatic heterocycles. The standard InChI is InChI=1S/C12H15Cl2NO/c13-8-5-9(12(16)10(14)6-8)11(15)7-3-1-2-4-7/h5-7,11,16H,1-4,15H2/t11-/m0/s1. The maximum Gasteiger partial charge on any atom is 0.139 e. The second-order valence-corrected chi connectivity index (χ2v) is 5.24. The number of benzene rings is 1. The summed E-state index contributed by atoms with van der Waals surface area (Å²) in [4.78, 5) is 0. The van der Waals surface area contributed by atoms with E-state index in [4.69, 9.17) is 28.9 Å². The average molecular weight is 260 g/mol. The maximum atomic E-state index is 9.88. The zero-order valence-corrected chi connectivity index (χ0v) is 10.4. The molecule has 2 nitrogen and oxygen atoms in total. The summed E-state index contributed by atoms with van der Waals surface area (Å²) in [5, 5.41) is 10.7. The summed E-state index contributed by atoms with van der Waals surface area (Å²) in [5.41, 5.74) is 6.83. The van der Waals surface area contributed by atoms with Crippen LogP contribution in [0.1, 0.15) is 37.3 Å². The van der Waals surface area contributed by atoms with Crippen LogP contribution in [-0.4, -0.2) is 5.11 Å². The van der Waals surface area contributed by atoms with Crippen molar-refractivity contribution in [2.24, 2.45) is 11.7 Å². The van der Waals surface area contributed by atoms with E-state index in [0.717, 1.165) is 12.8 Å². The van der Waals surface area contributed by atoms with Gasteiger partial charge in [-0.15, -0.1) is 0 Å². The highest BCUT2D eigenvalue weighted by Gasteiger charge is 2.26. The number of phenolic OH excluding ortho intramolecular Hbond substituents is 1. The van der Waals surface area contributed by atoms with Crippen LogP contribution in [0.3, 0.4) is 0 Å². The van der Waals surface area contributed by atoms with Gasteiger partial charge in [0.05, 0.1) is 5.02 Å². The molecule has 0 bridgehead atoms. The Morgan fingerprint density at radius 3 is 2.50 bits per heavy atom. The second kappa shape index (κ2) is 4.82. The molecule has 0 spiro atoms. The van der Waals surface area contributed by atoms with Gasteiger partial charge in [0.15, 0.2) is 0 Å². The number of rotatable bonds is 2. The third kappa shape index (κ3) is 2.29. The van der Waals surface area contributed by atoms with Gasteiger partial charge in [-0.3, -0.25) is 0 Å². The van der Waals surface area contributed by atoms with Crippen molar-refractivity contribution in [2.75, 3.05) is 0 Å². The zero-order valence-electron chi connectivity index (χ0n) is 8.92. The fourth-order valence-electron chi connectivity index (χ4n) is 2.41. The minimum atomic E-state index is -0.168. The summed E-state index contributed by atoms with van der Waals surface area (Å²) in [6, 6.07) is 3.08. The molecule has 0 unspecified atom stereocenters. The van der Waals surface area contributed by atoms with E-state index in [1.807, 2.05) is 0 Å². The molecule has 0 radical (unpaired) electrons. The normalized spacial score (nSPS) is 18.9. The summed E-state index contributed by atoms with van der Waals surface area (Å²) in [7, 11) is 0. The molecule has 3 N–H and O–H groups in total. The van der Waals surface area contributed by atoms with Crippen molar-refractivity contribution in [1.29, 1.82) is 0 Å². The number of hydrogen-bond acceptors (Lipinski definition) is 2. The smallest absolute Gasteiger partial charge is 0.139 e. The van der Waals surface area contributed by atoms with E-state index in [1.165, 1.54) is 18.9 Å². The van der Waals surface area contributed by atoms with Crippen LogP contribution >= 0.6 is 23.2 Å². The van der Waals surface area contributed by atoms with Crippen LogP contribution in [0.15, 0.2) is 12.1 Å². The van der Waals surface area contributed by atoms with Crippen molar-refractivity contribution in [3.05, 3.63) is 27.7 Å². The van der Waals surface area contributed by atoms with Gasteiger partial charge in [0.25, 0.3) is 0 Å². The molecule has 0 heterocycles. The van der Waals surface area contributed by atoms with Crippen molar-refractivity contribution in [3.63, 3.8) is 0 Å². The van der Waals surface area contributed by atoms with Crippen LogP contribution in [0, 0.1) is 5.92 Å². The van der Waals surface area contributed by atoms with E-state index in [9.17, 15) is 5.11 Å². The lowest BCUT2D eigenvalue weighted by molar-refractivity contribution is 0.412. The number of phenols is 1. The highest BCUT2D eigenvalue weighted by Crippen LogP contribution is 2.40. The van der Waals surface area contributed by atoms with Crippen LogP contribution in [0.25, 0.3) is 0 Å². The molecule has 0 aromatic heterocycles. The predicted octanol–water partition coefficient (Wildman–Crippen LogP) is 3.89. The Balaban J connectivity index is 2.31. The maximum absolute atomic E-state index is 9.88. The van der Waals surface area contributed by atoms with E-state index in [2.05, 4.69) is 0 Å². The summed E-state index contributed by atoms with van der Waals surface area (Å²) in [5.74, 6) is 0.505. The Morgan fingerprint density at radius 1 is 1.25 bits per heavy atom. The van der Waals surface area contributed by atoms with Gasteiger partial charge in [-0.05, 0) is 30.9 Å². The zero-order chi connectivity index (χ0) is 11.7. The van der Waals surface area contributed by atoms with Crippen molar-refractivity contribution in [3.8, 4) is 5.75 Å². The molecule has 1 aliphatic carbocycles. The minimum Gasteiger partial charge on any atom is -0.506 e. The van der Waals surface area contributed by atoms with Crippen molar-refractivity contribution < 1.29 is 5.11 Å². The van der Waals surface area contributed by atoms with Crippen molar-refractivity contribution in [1.82, 2.24) is 0 Å². The van der Waals surface area contributed by atoms with Gasteiger partial charge >= 0.3 is 0 Å². The molecule has 88 valence electrons. The monoisotopic (exact) mass is 259 g/mol. The summed E-state index contributed by atoms with van der Waals surface area (Å²) in [6.45, 7) is 0. The van der Waals surface area contributed by atoms with E-state index in [-0.39, 0.29) is 16.8 Å². The van der Waals surface area contributed by atoms with Gasteiger partial charge in [0, 0.05) is 16.6 Å². The summed E-state index contributed by atoms with van der Waals surface area (Å²) in [6.07, 6.45) is 4.66. The molecular weight excluding hydrogens is 245 g/mol. The van der Waals surface area contributed by atoms with E-state index < -0.39 is 0 Å². The number of hydrogen-bond donors (Lipinski definition) is 2. The fourth-order valence-corrected chi connectivity index (χ4v) is 2.92. The van der Waals surface area contributed by atoms with Crippen LogP contribution in [0.2, 0.25) is 10.0 Å². The van der Waals surface area contributed by atoms with Gasteiger partial charge in [0.1, 0.15) is 5.75 Å². The third-order valence-corrected chi connectivity index (χ3v) is 3.83. The highest BCUT2D eigenvalue weighted by molar-refractivity contribution is 6.35. The Bertz CT molecular complexity index is 389.